The minimum atomic E-state index is -4.00. The molecule has 0 aliphatic rings. The number of hydrogen-bond donors (Lipinski definition) is 0. The third-order valence-corrected chi connectivity index (χ3v) is 3.04. The van der Waals surface area contributed by atoms with Crippen LogP contribution in [0.15, 0.2) is 41.3 Å². The van der Waals surface area contributed by atoms with Crippen LogP contribution >= 0.6 is 0 Å². The van der Waals surface area contributed by atoms with Gasteiger partial charge < -0.3 is 4.18 Å². The fraction of sp³-hybridized carbons (Fsp3) is 0.182. The monoisotopic (exact) mass is 240 g/mol. The Morgan fingerprint density at radius 2 is 1.81 bits per heavy atom. The highest BCUT2D eigenvalue weighted by molar-refractivity contribution is 7.87. The normalized spacial score (nSPS) is 11.6. The van der Waals surface area contributed by atoms with Crippen molar-refractivity contribution in [2.75, 3.05) is 0 Å². The highest BCUT2D eigenvalue weighted by Gasteiger charge is 2.18. The van der Waals surface area contributed by atoms with E-state index < -0.39 is 16.1 Å². The largest absolute Gasteiger partial charge is 0.346 e. The molecule has 5 heteroatoms. The Labute approximate surface area is 94.7 Å². The first kappa shape index (κ1) is 12.4. The van der Waals surface area contributed by atoms with Gasteiger partial charge in [0.05, 0.1) is 0 Å². The smallest absolute Gasteiger partial charge is 0.338 e. The van der Waals surface area contributed by atoms with Crippen molar-refractivity contribution in [1.82, 2.24) is 0 Å². The van der Waals surface area contributed by atoms with Gasteiger partial charge in [0.15, 0.2) is 0 Å². The Morgan fingerprint density at radius 3 is 2.31 bits per heavy atom. The molecule has 0 atom stereocenters. The van der Waals surface area contributed by atoms with Gasteiger partial charge in [0, 0.05) is 6.08 Å². The van der Waals surface area contributed by atoms with Crippen LogP contribution in [0.3, 0.4) is 0 Å². The molecule has 0 saturated carbocycles. The summed E-state index contributed by atoms with van der Waals surface area (Å²) in [4.78, 5) is 11.0. The van der Waals surface area contributed by atoms with Gasteiger partial charge >= 0.3 is 16.1 Å². The quantitative estimate of drug-likeness (QED) is 0.597. The lowest BCUT2D eigenvalue weighted by Gasteiger charge is -2.03. The second kappa shape index (κ2) is 4.94. The van der Waals surface area contributed by atoms with Crippen molar-refractivity contribution < 1.29 is 17.4 Å². The molecule has 0 radical (unpaired) electrons. The Balaban J connectivity index is 2.94. The minimum Gasteiger partial charge on any atom is -0.338 e. The summed E-state index contributed by atoms with van der Waals surface area (Å²) < 4.78 is 27.5. The lowest BCUT2D eigenvalue weighted by Crippen LogP contribution is -2.11. The average Bonchev–Trinajstić information content (AvgIpc) is 2.17. The SMILES string of the molecule is C/C=C/C(=O)OS(=O)(=O)c1ccc(C)cc1. The molecular weight excluding hydrogens is 228 g/mol. The zero-order chi connectivity index (χ0) is 12.2. The Bertz CT molecular complexity index is 497. The summed E-state index contributed by atoms with van der Waals surface area (Å²) in [5.74, 6) is -0.900. The maximum absolute atomic E-state index is 11.6. The maximum atomic E-state index is 11.6. The highest BCUT2D eigenvalue weighted by Crippen LogP contribution is 2.13. The second-order valence-corrected chi connectivity index (χ2v) is 4.72. The molecule has 1 rings (SSSR count). The van der Waals surface area contributed by atoms with Crippen molar-refractivity contribution in [1.29, 1.82) is 0 Å². The zero-order valence-corrected chi connectivity index (χ0v) is 9.82. The summed E-state index contributed by atoms with van der Waals surface area (Å²) in [5.41, 5.74) is 0.929. The van der Waals surface area contributed by atoms with E-state index in [1.165, 1.54) is 18.2 Å². The van der Waals surface area contributed by atoms with Gasteiger partial charge in [0.25, 0.3) is 0 Å². The summed E-state index contributed by atoms with van der Waals surface area (Å²) in [6, 6.07) is 6.06. The third kappa shape index (κ3) is 3.20. The topological polar surface area (TPSA) is 60.4 Å². The van der Waals surface area contributed by atoms with Crippen molar-refractivity contribution in [3.63, 3.8) is 0 Å². The number of carbonyl (C=O) groups excluding carboxylic acids is 1. The van der Waals surface area contributed by atoms with Crippen LogP contribution < -0.4 is 0 Å². The van der Waals surface area contributed by atoms with Crippen LogP contribution in [-0.4, -0.2) is 14.4 Å². The molecule has 0 fully saturated rings. The van der Waals surface area contributed by atoms with Crippen molar-refractivity contribution in [3.05, 3.63) is 42.0 Å². The van der Waals surface area contributed by atoms with Crippen LogP contribution in [-0.2, 0) is 19.1 Å². The first-order chi connectivity index (χ1) is 7.45. The van der Waals surface area contributed by atoms with Gasteiger partial charge in [-0.25, -0.2) is 4.79 Å². The van der Waals surface area contributed by atoms with E-state index in [4.69, 9.17) is 0 Å². The predicted octanol–water partition coefficient (Wildman–Crippen LogP) is 1.80. The van der Waals surface area contributed by atoms with Crippen molar-refractivity contribution in [2.24, 2.45) is 0 Å². The van der Waals surface area contributed by atoms with Crippen LogP contribution in [0.1, 0.15) is 12.5 Å². The molecule has 1 aromatic rings. The van der Waals surface area contributed by atoms with Gasteiger partial charge in [0.2, 0.25) is 0 Å². The number of aryl methyl sites for hydroxylation is 1. The number of allylic oxidation sites excluding steroid dienone is 1. The number of hydrogen-bond acceptors (Lipinski definition) is 4. The average molecular weight is 240 g/mol. The first-order valence-electron chi connectivity index (χ1n) is 4.63. The van der Waals surface area contributed by atoms with Crippen LogP contribution in [0.2, 0.25) is 0 Å². The Kier molecular flexibility index (Phi) is 3.84. The van der Waals surface area contributed by atoms with E-state index in [1.54, 1.807) is 19.1 Å². The summed E-state index contributed by atoms with van der Waals surface area (Å²) in [7, 11) is -4.00. The molecule has 0 spiro atoms. The molecule has 0 N–H and O–H groups in total. The molecule has 0 unspecified atom stereocenters. The van der Waals surface area contributed by atoms with Gasteiger partial charge in [-0.1, -0.05) is 23.8 Å². The highest BCUT2D eigenvalue weighted by atomic mass is 32.2. The van der Waals surface area contributed by atoms with Crippen LogP contribution in [0.5, 0.6) is 0 Å². The molecule has 0 saturated heterocycles. The number of benzene rings is 1. The lowest BCUT2D eigenvalue weighted by atomic mass is 10.2. The van der Waals surface area contributed by atoms with E-state index in [2.05, 4.69) is 4.18 Å². The van der Waals surface area contributed by atoms with Gasteiger partial charge in [0.1, 0.15) is 4.90 Å². The third-order valence-electron chi connectivity index (χ3n) is 1.80. The molecule has 0 bridgehead atoms. The molecule has 1 aromatic carbocycles. The zero-order valence-electron chi connectivity index (χ0n) is 9.01. The fourth-order valence-corrected chi connectivity index (χ4v) is 1.86. The molecule has 86 valence electrons. The molecule has 0 aliphatic carbocycles. The Hall–Kier alpha value is -1.62. The fourth-order valence-electron chi connectivity index (χ4n) is 1.03. The standard InChI is InChI=1S/C11H12O4S/c1-3-4-11(12)15-16(13,14)10-7-5-9(2)6-8-10/h3-8H,1-2H3/b4-3+. The van der Waals surface area contributed by atoms with E-state index in [-0.39, 0.29) is 4.90 Å². The molecular formula is C11H12O4S. The van der Waals surface area contributed by atoms with Crippen molar-refractivity contribution in [3.8, 4) is 0 Å². The molecule has 0 heterocycles. The van der Waals surface area contributed by atoms with E-state index in [9.17, 15) is 13.2 Å². The van der Waals surface area contributed by atoms with Gasteiger partial charge in [-0.3, -0.25) is 0 Å². The van der Waals surface area contributed by atoms with Gasteiger partial charge in [-0.2, -0.15) is 8.42 Å². The Morgan fingerprint density at radius 1 is 1.25 bits per heavy atom. The lowest BCUT2D eigenvalue weighted by molar-refractivity contribution is -0.128. The number of rotatable bonds is 3. The molecule has 4 nitrogen and oxygen atoms in total. The van der Waals surface area contributed by atoms with Crippen LogP contribution in [0.25, 0.3) is 0 Å². The summed E-state index contributed by atoms with van der Waals surface area (Å²) >= 11 is 0. The molecule has 16 heavy (non-hydrogen) atoms. The number of carbonyl (C=O) groups is 1. The predicted molar refractivity (Wildman–Crippen MR) is 59.3 cm³/mol. The van der Waals surface area contributed by atoms with Crippen molar-refractivity contribution >= 4 is 16.1 Å². The van der Waals surface area contributed by atoms with Crippen molar-refractivity contribution in [2.45, 2.75) is 18.7 Å². The first-order valence-corrected chi connectivity index (χ1v) is 6.04. The van der Waals surface area contributed by atoms with E-state index in [0.717, 1.165) is 11.6 Å². The minimum absolute atomic E-state index is 0.0315. The summed E-state index contributed by atoms with van der Waals surface area (Å²) in [6.45, 7) is 3.43. The van der Waals surface area contributed by atoms with Gasteiger partial charge in [-0.05, 0) is 26.0 Å². The van der Waals surface area contributed by atoms with Crippen LogP contribution in [0.4, 0.5) is 0 Å². The summed E-state index contributed by atoms with van der Waals surface area (Å²) in [5, 5.41) is 0. The summed E-state index contributed by atoms with van der Waals surface area (Å²) in [6.07, 6.45) is 2.46. The van der Waals surface area contributed by atoms with Gasteiger partial charge in [-0.15, -0.1) is 0 Å². The van der Waals surface area contributed by atoms with Crippen LogP contribution in [0, 0.1) is 6.92 Å². The molecule has 0 aromatic heterocycles. The second-order valence-electron chi connectivity index (χ2n) is 3.17. The van der Waals surface area contributed by atoms with E-state index in [1.807, 2.05) is 6.92 Å². The van der Waals surface area contributed by atoms with E-state index in [0.29, 0.717) is 0 Å². The van der Waals surface area contributed by atoms with E-state index >= 15 is 0 Å². The maximum Gasteiger partial charge on any atom is 0.346 e. The molecule has 0 amide bonds. The molecule has 0 aliphatic heterocycles.